The summed E-state index contributed by atoms with van der Waals surface area (Å²) >= 11 is 0. The van der Waals surface area contributed by atoms with Gasteiger partial charge >= 0.3 is 0 Å². The molecule has 4 heteroatoms. The number of rotatable bonds is 14. The highest BCUT2D eigenvalue weighted by molar-refractivity contribution is 5.85. The minimum absolute atomic E-state index is 0.0446. The second kappa shape index (κ2) is 13.2. The van der Waals surface area contributed by atoms with Gasteiger partial charge in [0.1, 0.15) is 0 Å². The zero-order valence-electron chi connectivity index (χ0n) is 14.5. The molecule has 0 aromatic heterocycles. The molecule has 4 nitrogen and oxygen atoms in total. The van der Waals surface area contributed by atoms with Gasteiger partial charge in [-0.3, -0.25) is 4.79 Å². The first-order valence-electron chi connectivity index (χ1n) is 8.69. The zero-order valence-corrected chi connectivity index (χ0v) is 14.5. The van der Waals surface area contributed by atoms with Gasteiger partial charge in [0.15, 0.2) is 5.78 Å². The Labute approximate surface area is 131 Å². The van der Waals surface area contributed by atoms with Crippen molar-refractivity contribution in [3.63, 3.8) is 0 Å². The van der Waals surface area contributed by atoms with Gasteiger partial charge in [0.05, 0.1) is 18.8 Å². The lowest BCUT2D eigenvalue weighted by Crippen LogP contribution is -2.41. The average Bonchev–Trinajstić information content (AvgIpc) is 2.51. The van der Waals surface area contributed by atoms with Crippen molar-refractivity contribution >= 4 is 5.78 Å². The van der Waals surface area contributed by atoms with Crippen LogP contribution in [0.2, 0.25) is 0 Å². The van der Waals surface area contributed by atoms with Gasteiger partial charge in [0.25, 0.3) is 0 Å². The molecule has 0 spiro atoms. The molecule has 0 saturated heterocycles. The summed E-state index contributed by atoms with van der Waals surface area (Å²) in [6.45, 7) is 10.5. The molecular weight excluding hydrogens is 264 g/mol. The van der Waals surface area contributed by atoms with Gasteiger partial charge < -0.3 is 15.8 Å². The monoisotopic (exact) mass is 300 g/mol. The van der Waals surface area contributed by atoms with E-state index in [1.54, 1.807) is 0 Å². The second-order valence-corrected chi connectivity index (χ2v) is 5.81. The van der Waals surface area contributed by atoms with Gasteiger partial charge in [-0.1, -0.05) is 34.1 Å². The fourth-order valence-electron chi connectivity index (χ4n) is 2.37. The summed E-state index contributed by atoms with van der Waals surface area (Å²) in [5.74, 6) is 0.456. The molecule has 0 fully saturated rings. The number of nitrogens with two attached hydrogens (primary N) is 1. The number of carbonyl (C=O) groups excluding carboxylic acids is 1. The number of hydrogen-bond acceptors (Lipinski definition) is 4. The van der Waals surface area contributed by atoms with Crippen molar-refractivity contribution in [2.24, 2.45) is 11.7 Å². The second-order valence-electron chi connectivity index (χ2n) is 5.81. The van der Waals surface area contributed by atoms with Crippen LogP contribution in [0.5, 0.6) is 0 Å². The van der Waals surface area contributed by atoms with E-state index in [4.69, 9.17) is 10.5 Å². The fraction of sp³-hybridized carbons (Fsp3) is 0.941. The molecule has 3 N–H and O–H groups in total. The van der Waals surface area contributed by atoms with Crippen LogP contribution in [0.15, 0.2) is 0 Å². The highest BCUT2D eigenvalue weighted by atomic mass is 16.5. The molecule has 0 aliphatic heterocycles. The first-order chi connectivity index (χ1) is 10.1. The van der Waals surface area contributed by atoms with E-state index < -0.39 is 0 Å². The SMILES string of the molecule is CCC(CC)OCCNC(CCCCN)C(=O)C(C)CC. The third-order valence-electron chi connectivity index (χ3n) is 4.15. The lowest BCUT2D eigenvalue weighted by molar-refractivity contribution is -0.124. The van der Waals surface area contributed by atoms with Crippen LogP contribution in [0.1, 0.15) is 66.2 Å². The van der Waals surface area contributed by atoms with E-state index in [-0.39, 0.29) is 12.0 Å². The van der Waals surface area contributed by atoms with Crippen LogP contribution in [-0.4, -0.2) is 37.6 Å². The molecule has 2 unspecified atom stereocenters. The predicted molar refractivity (Wildman–Crippen MR) is 89.5 cm³/mol. The average molecular weight is 300 g/mol. The van der Waals surface area contributed by atoms with Crippen LogP contribution < -0.4 is 11.1 Å². The molecular formula is C17H36N2O2. The van der Waals surface area contributed by atoms with Crippen molar-refractivity contribution in [3.8, 4) is 0 Å². The van der Waals surface area contributed by atoms with E-state index in [1.165, 1.54) is 0 Å². The molecule has 0 aromatic carbocycles. The van der Waals surface area contributed by atoms with Crippen molar-refractivity contribution in [3.05, 3.63) is 0 Å². The molecule has 0 rings (SSSR count). The topological polar surface area (TPSA) is 64.3 Å². The van der Waals surface area contributed by atoms with Crippen molar-refractivity contribution in [2.75, 3.05) is 19.7 Å². The van der Waals surface area contributed by atoms with Gasteiger partial charge in [-0.05, 0) is 38.6 Å². The fourth-order valence-corrected chi connectivity index (χ4v) is 2.37. The first kappa shape index (κ1) is 20.6. The molecule has 0 amide bonds. The smallest absolute Gasteiger partial charge is 0.152 e. The third-order valence-corrected chi connectivity index (χ3v) is 4.15. The van der Waals surface area contributed by atoms with Crippen LogP contribution in [0.25, 0.3) is 0 Å². The predicted octanol–water partition coefficient (Wildman–Crippen LogP) is 2.89. The summed E-state index contributed by atoms with van der Waals surface area (Å²) in [5, 5.41) is 3.38. The number of ketones is 1. The molecule has 0 radical (unpaired) electrons. The van der Waals surface area contributed by atoms with Gasteiger partial charge in [0, 0.05) is 12.5 Å². The Balaban J connectivity index is 4.17. The maximum atomic E-state index is 12.4. The van der Waals surface area contributed by atoms with Crippen molar-refractivity contribution in [1.29, 1.82) is 0 Å². The Bertz CT molecular complexity index is 255. The number of nitrogens with one attached hydrogen (secondary N) is 1. The number of ether oxygens (including phenoxy) is 1. The molecule has 0 aliphatic carbocycles. The molecule has 0 bridgehead atoms. The van der Waals surface area contributed by atoms with Crippen LogP contribution in [0.3, 0.4) is 0 Å². The van der Waals surface area contributed by atoms with E-state index >= 15 is 0 Å². The Hall–Kier alpha value is -0.450. The van der Waals surface area contributed by atoms with Gasteiger partial charge in [-0.2, -0.15) is 0 Å². The van der Waals surface area contributed by atoms with E-state index in [2.05, 4.69) is 26.1 Å². The Kier molecular flexibility index (Phi) is 12.9. The normalized spacial score (nSPS) is 14.4. The van der Waals surface area contributed by atoms with Crippen molar-refractivity contribution in [1.82, 2.24) is 5.32 Å². The van der Waals surface area contributed by atoms with Crippen LogP contribution in [-0.2, 0) is 9.53 Å². The van der Waals surface area contributed by atoms with E-state index in [9.17, 15) is 4.79 Å². The highest BCUT2D eigenvalue weighted by Gasteiger charge is 2.21. The molecule has 0 saturated carbocycles. The lowest BCUT2D eigenvalue weighted by Gasteiger charge is -2.21. The molecule has 0 aromatic rings. The molecule has 21 heavy (non-hydrogen) atoms. The van der Waals surface area contributed by atoms with Crippen LogP contribution in [0, 0.1) is 5.92 Å². The summed E-state index contributed by atoms with van der Waals surface area (Å²) < 4.78 is 5.79. The largest absolute Gasteiger partial charge is 0.377 e. The Morgan fingerprint density at radius 1 is 1.14 bits per heavy atom. The van der Waals surface area contributed by atoms with E-state index in [0.717, 1.165) is 45.1 Å². The maximum absolute atomic E-state index is 12.4. The quantitative estimate of drug-likeness (QED) is 0.484. The highest BCUT2D eigenvalue weighted by Crippen LogP contribution is 2.11. The third kappa shape index (κ3) is 9.22. The molecule has 0 aliphatic rings. The number of hydrogen-bond donors (Lipinski definition) is 2. The summed E-state index contributed by atoms with van der Waals surface area (Å²) in [6, 6.07) is -0.0446. The summed E-state index contributed by atoms with van der Waals surface area (Å²) in [5.41, 5.74) is 5.54. The van der Waals surface area contributed by atoms with Gasteiger partial charge in [-0.25, -0.2) is 0 Å². The van der Waals surface area contributed by atoms with Crippen molar-refractivity contribution in [2.45, 2.75) is 78.4 Å². The van der Waals surface area contributed by atoms with Crippen molar-refractivity contribution < 1.29 is 9.53 Å². The number of Topliss-reactive ketones (excluding diaryl/α,β-unsaturated/α-hetero) is 1. The first-order valence-corrected chi connectivity index (χ1v) is 8.69. The van der Waals surface area contributed by atoms with Crippen LogP contribution >= 0.6 is 0 Å². The van der Waals surface area contributed by atoms with Gasteiger partial charge in [0.2, 0.25) is 0 Å². The van der Waals surface area contributed by atoms with Crippen LogP contribution in [0.4, 0.5) is 0 Å². The number of unbranched alkanes of at least 4 members (excludes halogenated alkanes) is 1. The zero-order chi connectivity index (χ0) is 16.1. The maximum Gasteiger partial charge on any atom is 0.152 e. The Morgan fingerprint density at radius 2 is 1.81 bits per heavy atom. The minimum Gasteiger partial charge on any atom is -0.377 e. The summed E-state index contributed by atoms with van der Waals surface area (Å²) in [6.07, 6.45) is 6.20. The number of carbonyl (C=O) groups is 1. The van der Waals surface area contributed by atoms with Gasteiger partial charge in [-0.15, -0.1) is 0 Å². The summed E-state index contributed by atoms with van der Waals surface area (Å²) in [7, 11) is 0. The lowest BCUT2D eigenvalue weighted by atomic mass is 9.94. The van der Waals surface area contributed by atoms with E-state index in [0.29, 0.717) is 25.0 Å². The van der Waals surface area contributed by atoms with E-state index in [1.807, 2.05) is 6.92 Å². The molecule has 126 valence electrons. The Morgan fingerprint density at radius 3 is 2.33 bits per heavy atom. The summed E-state index contributed by atoms with van der Waals surface area (Å²) in [4.78, 5) is 12.4. The standard InChI is InChI=1S/C17H36N2O2/c1-5-14(4)17(20)16(10-8-9-11-18)19-12-13-21-15(6-2)7-3/h14-16,19H,5-13,18H2,1-4H3. The molecule has 2 atom stereocenters. The molecule has 0 heterocycles. The minimum atomic E-state index is -0.0446.